The van der Waals surface area contributed by atoms with Crippen LogP contribution in [0.1, 0.15) is 6.42 Å². The second-order valence-corrected chi connectivity index (χ2v) is 4.52. The SMILES string of the molecule is CN(C)CCC(=O)N(C)CC1CNCCO1. The van der Waals surface area contributed by atoms with Crippen molar-refractivity contribution in [3.05, 3.63) is 0 Å². The zero-order chi connectivity index (χ0) is 12.0. The number of likely N-dealkylation sites (N-methyl/N-ethyl adjacent to an activating group) is 1. The van der Waals surface area contributed by atoms with E-state index in [1.165, 1.54) is 0 Å². The van der Waals surface area contributed by atoms with Gasteiger partial charge in [0.1, 0.15) is 0 Å². The molecule has 1 unspecified atom stereocenters. The molecule has 94 valence electrons. The fourth-order valence-corrected chi connectivity index (χ4v) is 1.65. The van der Waals surface area contributed by atoms with Crippen LogP contribution in [0.3, 0.4) is 0 Å². The normalized spacial score (nSPS) is 21.1. The highest BCUT2D eigenvalue weighted by Gasteiger charge is 2.18. The fourth-order valence-electron chi connectivity index (χ4n) is 1.65. The highest BCUT2D eigenvalue weighted by Crippen LogP contribution is 2.00. The van der Waals surface area contributed by atoms with Gasteiger partial charge in [-0.2, -0.15) is 0 Å². The third-order valence-electron chi connectivity index (χ3n) is 2.68. The van der Waals surface area contributed by atoms with Gasteiger partial charge in [0, 0.05) is 39.6 Å². The molecule has 1 aliphatic heterocycles. The van der Waals surface area contributed by atoms with Crippen LogP contribution in [-0.2, 0) is 9.53 Å². The Morgan fingerprint density at radius 1 is 1.44 bits per heavy atom. The van der Waals surface area contributed by atoms with Gasteiger partial charge >= 0.3 is 0 Å². The molecule has 1 fully saturated rings. The van der Waals surface area contributed by atoms with Gasteiger partial charge in [-0.25, -0.2) is 0 Å². The molecule has 1 amide bonds. The van der Waals surface area contributed by atoms with Crippen LogP contribution in [0.2, 0.25) is 0 Å². The van der Waals surface area contributed by atoms with E-state index in [1.54, 1.807) is 4.90 Å². The number of rotatable bonds is 5. The monoisotopic (exact) mass is 229 g/mol. The smallest absolute Gasteiger partial charge is 0.223 e. The molecule has 1 rings (SSSR count). The minimum Gasteiger partial charge on any atom is -0.374 e. The fraction of sp³-hybridized carbons (Fsp3) is 0.909. The quantitative estimate of drug-likeness (QED) is 0.683. The van der Waals surface area contributed by atoms with Crippen molar-refractivity contribution >= 4 is 5.91 Å². The molecule has 0 aliphatic carbocycles. The first-order valence-corrected chi connectivity index (χ1v) is 5.80. The number of amides is 1. The molecule has 0 saturated carbocycles. The van der Waals surface area contributed by atoms with Crippen LogP contribution in [0.4, 0.5) is 0 Å². The van der Waals surface area contributed by atoms with Gasteiger partial charge in [-0.15, -0.1) is 0 Å². The van der Waals surface area contributed by atoms with Crippen LogP contribution in [0.5, 0.6) is 0 Å². The Morgan fingerprint density at radius 3 is 2.75 bits per heavy atom. The molecule has 5 heteroatoms. The van der Waals surface area contributed by atoms with E-state index in [9.17, 15) is 4.79 Å². The van der Waals surface area contributed by atoms with Crippen molar-refractivity contribution in [2.75, 3.05) is 53.9 Å². The minimum atomic E-state index is 0.141. The van der Waals surface area contributed by atoms with Crippen molar-refractivity contribution in [2.45, 2.75) is 12.5 Å². The Bertz CT molecular complexity index is 215. The number of hydrogen-bond acceptors (Lipinski definition) is 4. The summed E-state index contributed by atoms with van der Waals surface area (Å²) in [7, 11) is 5.79. The summed E-state index contributed by atoms with van der Waals surface area (Å²) in [6, 6.07) is 0. The second kappa shape index (κ2) is 6.83. The third kappa shape index (κ3) is 4.92. The van der Waals surface area contributed by atoms with Crippen LogP contribution in [0, 0.1) is 0 Å². The van der Waals surface area contributed by atoms with Crippen molar-refractivity contribution in [1.29, 1.82) is 0 Å². The van der Waals surface area contributed by atoms with Gasteiger partial charge in [0.05, 0.1) is 12.7 Å². The lowest BCUT2D eigenvalue weighted by atomic mass is 10.2. The molecule has 1 aliphatic rings. The van der Waals surface area contributed by atoms with Crippen molar-refractivity contribution in [3.63, 3.8) is 0 Å². The van der Waals surface area contributed by atoms with E-state index >= 15 is 0 Å². The Labute approximate surface area is 97.7 Å². The maximum absolute atomic E-state index is 11.7. The van der Waals surface area contributed by atoms with Gasteiger partial charge in [-0.3, -0.25) is 4.79 Å². The van der Waals surface area contributed by atoms with Crippen molar-refractivity contribution in [2.24, 2.45) is 0 Å². The van der Waals surface area contributed by atoms with Crippen molar-refractivity contribution in [1.82, 2.24) is 15.1 Å². The molecule has 1 N–H and O–H groups in total. The molecule has 0 radical (unpaired) electrons. The Kier molecular flexibility index (Phi) is 5.73. The van der Waals surface area contributed by atoms with Gasteiger partial charge in [-0.1, -0.05) is 0 Å². The molecule has 1 atom stereocenters. The van der Waals surface area contributed by atoms with Crippen LogP contribution >= 0.6 is 0 Å². The third-order valence-corrected chi connectivity index (χ3v) is 2.68. The van der Waals surface area contributed by atoms with Gasteiger partial charge in [0.25, 0.3) is 0 Å². The molecule has 0 aromatic carbocycles. The topological polar surface area (TPSA) is 44.8 Å². The molecule has 1 heterocycles. The molecule has 0 bridgehead atoms. The summed E-state index contributed by atoms with van der Waals surface area (Å²) in [4.78, 5) is 15.5. The predicted molar refractivity (Wildman–Crippen MR) is 63.4 cm³/mol. The second-order valence-electron chi connectivity index (χ2n) is 4.52. The van der Waals surface area contributed by atoms with E-state index in [0.29, 0.717) is 13.0 Å². The standard InChI is InChI=1S/C11H23N3O2/c1-13(2)6-4-11(15)14(3)9-10-8-12-5-7-16-10/h10,12H,4-9H2,1-3H3. The lowest BCUT2D eigenvalue weighted by Gasteiger charge is -2.28. The first-order valence-electron chi connectivity index (χ1n) is 5.80. The van der Waals surface area contributed by atoms with Crippen molar-refractivity contribution in [3.8, 4) is 0 Å². The summed E-state index contributed by atoms with van der Waals surface area (Å²) < 4.78 is 5.56. The number of morpholine rings is 1. The Morgan fingerprint density at radius 2 is 2.19 bits per heavy atom. The van der Waals surface area contributed by atoms with Crippen molar-refractivity contribution < 1.29 is 9.53 Å². The van der Waals surface area contributed by atoms with Gasteiger partial charge < -0.3 is 19.9 Å². The van der Waals surface area contributed by atoms with Crippen LogP contribution in [0.15, 0.2) is 0 Å². The number of ether oxygens (including phenoxy) is 1. The highest BCUT2D eigenvalue weighted by atomic mass is 16.5. The number of nitrogens with one attached hydrogen (secondary N) is 1. The number of hydrogen-bond donors (Lipinski definition) is 1. The zero-order valence-corrected chi connectivity index (χ0v) is 10.5. The summed E-state index contributed by atoms with van der Waals surface area (Å²) >= 11 is 0. The summed E-state index contributed by atoms with van der Waals surface area (Å²) in [5.41, 5.74) is 0. The lowest BCUT2D eigenvalue weighted by molar-refractivity contribution is -0.132. The summed E-state index contributed by atoms with van der Waals surface area (Å²) in [6.07, 6.45) is 0.714. The van der Waals surface area contributed by atoms with E-state index in [1.807, 2.05) is 26.0 Å². The van der Waals surface area contributed by atoms with Crippen LogP contribution < -0.4 is 5.32 Å². The average molecular weight is 229 g/mol. The van der Waals surface area contributed by atoms with Gasteiger partial charge in [0.15, 0.2) is 0 Å². The Balaban J connectivity index is 2.21. The Hall–Kier alpha value is -0.650. The van der Waals surface area contributed by atoms with E-state index in [0.717, 1.165) is 26.2 Å². The molecular weight excluding hydrogens is 206 g/mol. The van der Waals surface area contributed by atoms with Gasteiger partial charge in [0.2, 0.25) is 5.91 Å². The number of carbonyl (C=O) groups is 1. The summed E-state index contributed by atoms with van der Waals surface area (Å²) in [5, 5.41) is 3.26. The highest BCUT2D eigenvalue weighted by molar-refractivity contribution is 5.76. The molecule has 0 aromatic rings. The van der Waals surface area contributed by atoms with E-state index < -0.39 is 0 Å². The summed E-state index contributed by atoms with van der Waals surface area (Å²) in [6.45, 7) is 3.97. The van der Waals surface area contributed by atoms with E-state index in [4.69, 9.17) is 4.74 Å². The number of carbonyl (C=O) groups excluding carboxylic acids is 1. The van der Waals surface area contributed by atoms with E-state index in [2.05, 4.69) is 5.32 Å². The summed E-state index contributed by atoms with van der Waals surface area (Å²) in [5.74, 6) is 0.183. The maximum atomic E-state index is 11.7. The molecule has 16 heavy (non-hydrogen) atoms. The maximum Gasteiger partial charge on any atom is 0.223 e. The predicted octanol–water partition coefficient (Wildman–Crippen LogP) is -0.615. The molecule has 0 spiro atoms. The largest absolute Gasteiger partial charge is 0.374 e. The van der Waals surface area contributed by atoms with Crippen LogP contribution in [0.25, 0.3) is 0 Å². The van der Waals surface area contributed by atoms with E-state index in [-0.39, 0.29) is 12.0 Å². The first-order chi connectivity index (χ1) is 7.59. The lowest BCUT2D eigenvalue weighted by Crippen LogP contribution is -2.46. The number of nitrogens with zero attached hydrogens (tertiary/aromatic N) is 2. The zero-order valence-electron chi connectivity index (χ0n) is 10.5. The van der Waals surface area contributed by atoms with Gasteiger partial charge in [-0.05, 0) is 14.1 Å². The average Bonchev–Trinajstić information content (AvgIpc) is 2.27. The molecular formula is C11H23N3O2. The van der Waals surface area contributed by atoms with Crippen LogP contribution in [-0.4, -0.2) is 75.7 Å². The first kappa shape index (κ1) is 13.4. The minimum absolute atomic E-state index is 0.141. The molecule has 1 saturated heterocycles. The molecule has 5 nitrogen and oxygen atoms in total. The molecule has 0 aromatic heterocycles.